The molecule has 0 spiro atoms. The highest BCUT2D eigenvalue weighted by Crippen LogP contribution is 2.10. The minimum Gasteiger partial charge on any atom is -0.375 e. The van der Waals surface area contributed by atoms with Crippen LogP contribution in [0.2, 0.25) is 0 Å². The van der Waals surface area contributed by atoms with Gasteiger partial charge >= 0.3 is 0 Å². The maximum atomic E-state index is 4.29. The number of aliphatic imine (C=N–C) groups is 1. The Balaban J connectivity index is 0.00000288. The lowest BCUT2D eigenvalue weighted by atomic mass is 10.3. The number of hydrogen-bond donors (Lipinski definition) is 2. The van der Waals surface area contributed by atoms with E-state index in [9.17, 15) is 0 Å². The number of halogens is 1. The summed E-state index contributed by atoms with van der Waals surface area (Å²) < 4.78 is 0. The van der Waals surface area contributed by atoms with Crippen molar-refractivity contribution < 1.29 is 0 Å². The van der Waals surface area contributed by atoms with E-state index in [1.165, 1.54) is 5.69 Å². The summed E-state index contributed by atoms with van der Waals surface area (Å²) in [5, 5.41) is 6.60. The van der Waals surface area contributed by atoms with E-state index in [0.29, 0.717) is 6.54 Å². The molecule has 0 aliphatic carbocycles. The van der Waals surface area contributed by atoms with Crippen molar-refractivity contribution in [2.45, 2.75) is 13.0 Å². The molecule has 0 atom stereocenters. The Labute approximate surface area is 161 Å². The van der Waals surface area contributed by atoms with Gasteiger partial charge in [0.15, 0.2) is 5.96 Å². The SMILES string of the molecule is CN=C(NCCCN(C)c1ccccc1)NCc1ccccn1.I. The Morgan fingerprint density at radius 3 is 2.50 bits per heavy atom. The molecule has 0 saturated carbocycles. The first-order valence-corrected chi connectivity index (χ1v) is 7.90. The van der Waals surface area contributed by atoms with Crippen molar-refractivity contribution >= 4 is 35.6 Å². The lowest BCUT2D eigenvalue weighted by molar-refractivity contribution is 0.726. The molecule has 0 aliphatic rings. The zero-order chi connectivity index (χ0) is 16.3. The molecule has 0 bridgehead atoms. The molecule has 2 aromatic rings. The van der Waals surface area contributed by atoms with Crippen LogP contribution in [-0.4, -0.2) is 38.1 Å². The van der Waals surface area contributed by atoms with E-state index in [2.05, 4.69) is 56.8 Å². The molecule has 2 rings (SSSR count). The van der Waals surface area contributed by atoms with Crippen molar-refractivity contribution in [1.82, 2.24) is 15.6 Å². The third-order valence-electron chi connectivity index (χ3n) is 3.55. The van der Waals surface area contributed by atoms with Gasteiger partial charge in [0.05, 0.1) is 12.2 Å². The molecule has 0 saturated heterocycles. The second-order valence-corrected chi connectivity index (χ2v) is 5.28. The third kappa shape index (κ3) is 7.16. The standard InChI is InChI=1S/C18H25N5.HI/c1-19-18(22-15-16-9-6-7-12-20-16)21-13-8-14-23(2)17-10-4-3-5-11-17;/h3-7,9-12H,8,13-15H2,1-2H3,(H2,19,21,22);1H. The molecule has 1 aromatic carbocycles. The number of hydrogen-bond acceptors (Lipinski definition) is 3. The maximum absolute atomic E-state index is 4.29. The summed E-state index contributed by atoms with van der Waals surface area (Å²) in [7, 11) is 3.90. The van der Waals surface area contributed by atoms with E-state index < -0.39 is 0 Å². The van der Waals surface area contributed by atoms with Gasteiger partial charge in [0, 0.05) is 39.1 Å². The van der Waals surface area contributed by atoms with Gasteiger partial charge in [0.1, 0.15) is 0 Å². The van der Waals surface area contributed by atoms with Crippen LogP contribution in [0.25, 0.3) is 0 Å². The molecule has 0 aliphatic heterocycles. The van der Waals surface area contributed by atoms with E-state index in [-0.39, 0.29) is 24.0 Å². The number of nitrogens with zero attached hydrogens (tertiary/aromatic N) is 3. The van der Waals surface area contributed by atoms with Crippen LogP contribution in [0.4, 0.5) is 5.69 Å². The van der Waals surface area contributed by atoms with Gasteiger partial charge in [-0.2, -0.15) is 0 Å². The van der Waals surface area contributed by atoms with E-state index in [1.807, 2.05) is 24.3 Å². The van der Waals surface area contributed by atoms with Gasteiger partial charge in [-0.05, 0) is 30.7 Å². The number of benzene rings is 1. The lowest BCUT2D eigenvalue weighted by Gasteiger charge is -2.19. The summed E-state index contributed by atoms with van der Waals surface area (Å²) in [6, 6.07) is 16.3. The number of para-hydroxylation sites is 1. The molecule has 0 unspecified atom stereocenters. The summed E-state index contributed by atoms with van der Waals surface area (Å²) in [5.41, 5.74) is 2.24. The molecule has 130 valence electrons. The Kier molecular flexibility index (Phi) is 9.83. The highest BCUT2D eigenvalue weighted by Gasteiger charge is 2.01. The Bertz CT molecular complexity index is 589. The maximum Gasteiger partial charge on any atom is 0.191 e. The van der Waals surface area contributed by atoms with Gasteiger partial charge in [-0.1, -0.05) is 24.3 Å². The molecule has 0 radical (unpaired) electrons. The van der Waals surface area contributed by atoms with E-state index in [1.54, 1.807) is 13.2 Å². The molecule has 1 aromatic heterocycles. The summed E-state index contributed by atoms with van der Waals surface area (Å²) in [5.74, 6) is 0.804. The Morgan fingerprint density at radius 2 is 1.83 bits per heavy atom. The minimum absolute atomic E-state index is 0. The summed E-state index contributed by atoms with van der Waals surface area (Å²) in [4.78, 5) is 10.8. The Morgan fingerprint density at radius 1 is 1.08 bits per heavy atom. The summed E-state index contributed by atoms with van der Waals surface area (Å²) in [6.45, 7) is 2.54. The van der Waals surface area contributed by atoms with E-state index in [4.69, 9.17) is 0 Å². The predicted octanol–water partition coefficient (Wildman–Crippen LogP) is 2.89. The molecule has 6 heteroatoms. The fourth-order valence-corrected chi connectivity index (χ4v) is 2.23. The van der Waals surface area contributed by atoms with Crippen LogP contribution in [0.15, 0.2) is 59.7 Å². The van der Waals surface area contributed by atoms with Crippen LogP contribution in [0, 0.1) is 0 Å². The lowest BCUT2D eigenvalue weighted by Crippen LogP contribution is -2.38. The van der Waals surface area contributed by atoms with Crippen molar-refractivity contribution in [3.8, 4) is 0 Å². The van der Waals surface area contributed by atoms with E-state index in [0.717, 1.165) is 31.2 Å². The quantitative estimate of drug-likeness (QED) is 0.302. The van der Waals surface area contributed by atoms with Crippen molar-refractivity contribution in [1.29, 1.82) is 0 Å². The average molecular weight is 439 g/mol. The van der Waals surface area contributed by atoms with Crippen LogP contribution in [0.1, 0.15) is 12.1 Å². The predicted molar refractivity (Wildman–Crippen MR) is 112 cm³/mol. The van der Waals surface area contributed by atoms with Crippen molar-refractivity contribution in [2.75, 3.05) is 32.1 Å². The number of nitrogens with one attached hydrogen (secondary N) is 2. The second-order valence-electron chi connectivity index (χ2n) is 5.28. The largest absolute Gasteiger partial charge is 0.375 e. The van der Waals surface area contributed by atoms with Gasteiger partial charge in [-0.3, -0.25) is 9.98 Å². The summed E-state index contributed by atoms with van der Waals surface area (Å²) in [6.07, 6.45) is 2.84. The summed E-state index contributed by atoms with van der Waals surface area (Å²) >= 11 is 0. The highest BCUT2D eigenvalue weighted by atomic mass is 127. The average Bonchev–Trinajstić information content (AvgIpc) is 2.62. The topological polar surface area (TPSA) is 52.6 Å². The van der Waals surface area contributed by atoms with Gasteiger partial charge < -0.3 is 15.5 Å². The van der Waals surface area contributed by atoms with Gasteiger partial charge in [0.25, 0.3) is 0 Å². The third-order valence-corrected chi connectivity index (χ3v) is 3.55. The first kappa shape index (κ1) is 20.2. The van der Waals surface area contributed by atoms with Crippen LogP contribution in [-0.2, 0) is 6.54 Å². The zero-order valence-corrected chi connectivity index (χ0v) is 16.6. The first-order valence-electron chi connectivity index (χ1n) is 7.90. The van der Waals surface area contributed by atoms with Gasteiger partial charge in [-0.15, -0.1) is 24.0 Å². The molecular formula is C18H26IN5. The molecule has 1 heterocycles. The van der Waals surface area contributed by atoms with Crippen molar-refractivity contribution in [2.24, 2.45) is 4.99 Å². The number of guanidine groups is 1. The smallest absolute Gasteiger partial charge is 0.191 e. The molecule has 24 heavy (non-hydrogen) atoms. The molecular weight excluding hydrogens is 413 g/mol. The van der Waals surface area contributed by atoms with Crippen molar-refractivity contribution in [3.63, 3.8) is 0 Å². The monoisotopic (exact) mass is 439 g/mol. The fourth-order valence-electron chi connectivity index (χ4n) is 2.23. The molecule has 0 amide bonds. The fraction of sp³-hybridized carbons (Fsp3) is 0.333. The van der Waals surface area contributed by atoms with Crippen LogP contribution >= 0.6 is 24.0 Å². The second kappa shape index (κ2) is 11.7. The highest BCUT2D eigenvalue weighted by molar-refractivity contribution is 14.0. The molecule has 2 N–H and O–H groups in total. The van der Waals surface area contributed by atoms with Crippen molar-refractivity contribution in [3.05, 3.63) is 60.4 Å². The van der Waals surface area contributed by atoms with Gasteiger partial charge in [0.2, 0.25) is 0 Å². The van der Waals surface area contributed by atoms with Crippen LogP contribution < -0.4 is 15.5 Å². The van der Waals surface area contributed by atoms with E-state index >= 15 is 0 Å². The number of rotatable bonds is 7. The number of pyridine rings is 1. The van der Waals surface area contributed by atoms with Gasteiger partial charge in [-0.25, -0.2) is 0 Å². The normalized spacial score (nSPS) is 10.7. The number of anilines is 1. The number of aromatic nitrogens is 1. The Hall–Kier alpha value is -1.83. The minimum atomic E-state index is 0. The molecule has 5 nitrogen and oxygen atoms in total. The molecule has 0 fully saturated rings. The zero-order valence-electron chi connectivity index (χ0n) is 14.3. The first-order chi connectivity index (χ1) is 11.3. The van der Waals surface area contributed by atoms with Crippen LogP contribution in [0.5, 0.6) is 0 Å². The van der Waals surface area contributed by atoms with Crippen LogP contribution in [0.3, 0.4) is 0 Å².